The molecule has 0 unspecified atom stereocenters. The van der Waals surface area contributed by atoms with Gasteiger partial charge >= 0.3 is 0 Å². The van der Waals surface area contributed by atoms with Gasteiger partial charge in [0.05, 0.1) is 12.9 Å². The molecule has 0 atom stereocenters. The van der Waals surface area contributed by atoms with Crippen LogP contribution in [0.5, 0.6) is 5.75 Å². The van der Waals surface area contributed by atoms with Gasteiger partial charge in [0, 0.05) is 10.9 Å². The van der Waals surface area contributed by atoms with Crippen LogP contribution in [0.2, 0.25) is 0 Å². The Morgan fingerprint density at radius 3 is 2.56 bits per heavy atom. The van der Waals surface area contributed by atoms with E-state index in [2.05, 4.69) is 6.92 Å². The molecule has 0 aliphatic rings. The van der Waals surface area contributed by atoms with Crippen molar-refractivity contribution in [3.05, 3.63) is 42.0 Å². The Balaban J connectivity index is 2.49. The minimum absolute atomic E-state index is 0.181. The molecule has 0 heterocycles. The van der Waals surface area contributed by atoms with E-state index < -0.39 is 0 Å². The average molecular weight is 260 g/mol. The van der Waals surface area contributed by atoms with E-state index in [1.165, 1.54) is 0 Å². The molecule has 0 aliphatic carbocycles. The van der Waals surface area contributed by atoms with Gasteiger partial charge in [-0.05, 0) is 23.3 Å². The fourth-order valence-corrected chi connectivity index (χ4v) is 2.51. The quantitative estimate of drug-likeness (QED) is 0.765. The highest BCUT2D eigenvalue weighted by atomic mass is 32.2. The van der Waals surface area contributed by atoms with E-state index in [4.69, 9.17) is 4.74 Å². The summed E-state index contributed by atoms with van der Waals surface area (Å²) in [5.41, 5.74) is 0.785. The molecule has 2 aromatic rings. The fraction of sp³-hybridized carbons (Fsp3) is 0.267. The van der Waals surface area contributed by atoms with Gasteiger partial charge in [-0.3, -0.25) is 4.79 Å². The first kappa shape index (κ1) is 13.0. The lowest BCUT2D eigenvalue weighted by molar-refractivity contribution is 0.102. The second-order valence-electron chi connectivity index (χ2n) is 3.92. The Morgan fingerprint density at radius 2 is 1.89 bits per heavy atom. The van der Waals surface area contributed by atoms with Crippen molar-refractivity contribution in [2.24, 2.45) is 0 Å². The molecule has 0 saturated carbocycles. The van der Waals surface area contributed by atoms with Crippen LogP contribution in [-0.2, 0) is 0 Å². The van der Waals surface area contributed by atoms with Crippen LogP contribution in [0, 0.1) is 0 Å². The molecule has 0 spiro atoms. The standard InChI is InChI=1S/C15H16O2S/c1-3-18-10-14(16)12-8-9-15(17-2)13-7-5-4-6-11(12)13/h4-9H,3,10H2,1-2H3. The molecule has 0 fully saturated rings. The van der Waals surface area contributed by atoms with Crippen molar-refractivity contribution in [1.29, 1.82) is 0 Å². The fourth-order valence-electron chi connectivity index (χ4n) is 1.97. The first-order chi connectivity index (χ1) is 8.77. The van der Waals surface area contributed by atoms with Crippen LogP contribution in [0.1, 0.15) is 17.3 Å². The first-order valence-electron chi connectivity index (χ1n) is 5.94. The van der Waals surface area contributed by atoms with Crippen molar-refractivity contribution >= 4 is 28.3 Å². The van der Waals surface area contributed by atoms with Crippen molar-refractivity contribution in [2.75, 3.05) is 18.6 Å². The monoisotopic (exact) mass is 260 g/mol. The van der Waals surface area contributed by atoms with Gasteiger partial charge in [0.25, 0.3) is 0 Å². The number of thioether (sulfide) groups is 1. The van der Waals surface area contributed by atoms with Gasteiger partial charge in [0.1, 0.15) is 5.75 Å². The second-order valence-corrected chi connectivity index (χ2v) is 5.20. The predicted octanol–water partition coefficient (Wildman–Crippen LogP) is 3.78. The maximum Gasteiger partial charge on any atom is 0.173 e. The van der Waals surface area contributed by atoms with E-state index in [0.717, 1.165) is 27.8 Å². The third-order valence-corrected chi connectivity index (χ3v) is 3.72. The van der Waals surface area contributed by atoms with Crippen molar-refractivity contribution in [3.8, 4) is 5.75 Å². The van der Waals surface area contributed by atoms with Crippen molar-refractivity contribution < 1.29 is 9.53 Å². The van der Waals surface area contributed by atoms with Crippen LogP contribution in [-0.4, -0.2) is 24.4 Å². The number of rotatable bonds is 5. The molecule has 0 amide bonds. The minimum Gasteiger partial charge on any atom is -0.496 e. The summed E-state index contributed by atoms with van der Waals surface area (Å²) in [6.07, 6.45) is 0. The lowest BCUT2D eigenvalue weighted by Gasteiger charge is -2.09. The molecular formula is C15H16O2S. The number of carbonyl (C=O) groups excluding carboxylic acids is 1. The van der Waals surface area contributed by atoms with Gasteiger partial charge < -0.3 is 4.74 Å². The third kappa shape index (κ3) is 2.51. The largest absolute Gasteiger partial charge is 0.496 e. The summed E-state index contributed by atoms with van der Waals surface area (Å²) < 4.78 is 5.33. The van der Waals surface area contributed by atoms with E-state index in [0.29, 0.717) is 5.75 Å². The van der Waals surface area contributed by atoms with Crippen molar-refractivity contribution in [3.63, 3.8) is 0 Å². The molecule has 0 bridgehead atoms. The third-order valence-electron chi connectivity index (χ3n) is 2.84. The van der Waals surface area contributed by atoms with Gasteiger partial charge in [-0.25, -0.2) is 0 Å². The number of benzene rings is 2. The summed E-state index contributed by atoms with van der Waals surface area (Å²) in [6, 6.07) is 11.6. The first-order valence-corrected chi connectivity index (χ1v) is 7.10. The SMILES string of the molecule is CCSCC(=O)c1ccc(OC)c2ccccc12. The van der Waals surface area contributed by atoms with Crippen molar-refractivity contribution in [2.45, 2.75) is 6.92 Å². The molecule has 0 saturated heterocycles. The summed E-state index contributed by atoms with van der Waals surface area (Å²) in [4.78, 5) is 12.2. The maximum atomic E-state index is 12.2. The molecule has 2 rings (SSSR count). The normalized spacial score (nSPS) is 10.6. The van der Waals surface area contributed by atoms with Crippen LogP contribution < -0.4 is 4.74 Å². The minimum atomic E-state index is 0.181. The van der Waals surface area contributed by atoms with Gasteiger partial charge in [-0.1, -0.05) is 31.2 Å². The van der Waals surface area contributed by atoms with E-state index in [-0.39, 0.29) is 5.78 Å². The van der Waals surface area contributed by atoms with Crippen molar-refractivity contribution in [1.82, 2.24) is 0 Å². The zero-order valence-electron chi connectivity index (χ0n) is 10.6. The Kier molecular flexibility index (Phi) is 4.26. The molecule has 0 aliphatic heterocycles. The number of hydrogen-bond donors (Lipinski definition) is 0. The second kappa shape index (κ2) is 5.91. The Morgan fingerprint density at radius 1 is 1.17 bits per heavy atom. The lowest BCUT2D eigenvalue weighted by atomic mass is 10.0. The van der Waals surface area contributed by atoms with Gasteiger partial charge in [0.15, 0.2) is 5.78 Å². The Labute approximate surface area is 111 Å². The molecule has 3 heteroatoms. The molecule has 0 radical (unpaired) electrons. The highest BCUT2D eigenvalue weighted by molar-refractivity contribution is 7.99. The molecule has 94 valence electrons. The zero-order chi connectivity index (χ0) is 13.0. The van der Waals surface area contributed by atoms with Gasteiger partial charge in [0.2, 0.25) is 0 Å². The molecule has 2 nitrogen and oxygen atoms in total. The Bertz CT molecular complexity index is 563. The maximum absolute atomic E-state index is 12.2. The number of fused-ring (bicyclic) bond motifs is 1. The predicted molar refractivity (Wildman–Crippen MR) is 77.8 cm³/mol. The van der Waals surface area contributed by atoms with Gasteiger partial charge in [-0.2, -0.15) is 11.8 Å². The van der Waals surface area contributed by atoms with Crippen LogP contribution in [0.4, 0.5) is 0 Å². The topological polar surface area (TPSA) is 26.3 Å². The Hall–Kier alpha value is -1.48. The average Bonchev–Trinajstić information content (AvgIpc) is 2.43. The molecule has 0 aromatic heterocycles. The number of Topliss-reactive ketones (excluding diaryl/α,β-unsaturated/α-hetero) is 1. The number of methoxy groups -OCH3 is 1. The molecule has 18 heavy (non-hydrogen) atoms. The highest BCUT2D eigenvalue weighted by Gasteiger charge is 2.12. The number of carbonyl (C=O) groups is 1. The molecular weight excluding hydrogens is 244 g/mol. The number of hydrogen-bond acceptors (Lipinski definition) is 3. The lowest BCUT2D eigenvalue weighted by Crippen LogP contribution is -2.04. The van der Waals surface area contributed by atoms with E-state index in [9.17, 15) is 4.79 Å². The molecule has 2 aromatic carbocycles. The summed E-state index contributed by atoms with van der Waals surface area (Å²) >= 11 is 1.65. The molecule has 0 N–H and O–H groups in total. The summed E-state index contributed by atoms with van der Waals surface area (Å²) in [5, 5.41) is 1.96. The van der Waals surface area contributed by atoms with E-state index in [1.807, 2.05) is 36.4 Å². The smallest absolute Gasteiger partial charge is 0.173 e. The van der Waals surface area contributed by atoms with Crippen LogP contribution in [0.3, 0.4) is 0 Å². The summed E-state index contributed by atoms with van der Waals surface area (Å²) in [5.74, 6) is 2.48. The highest BCUT2D eigenvalue weighted by Crippen LogP contribution is 2.28. The van der Waals surface area contributed by atoms with Crippen LogP contribution in [0.25, 0.3) is 10.8 Å². The van der Waals surface area contributed by atoms with E-state index >= 15 is 0 Å². The van der Waals surface area contributed by atoms with Crippen LogP contribution >= 0.6 is 11.8 Å². The van der Waals surface area contributed by atoms with Gasteiger partial charge in [-0.15, -0.1) is 0 Å². The number of ether oxygens (including phenoxy) is 1. The number of ketones is 1. The zero-order valence-corrected chi connectivity index (χ0v) is 11.4. The van der Waals surface area contributed by atoms with Crippen LogP contribution in [0.15, 0.2) is 36.4 Å². The summed E-state index contributed by atoms with van der Waals surface area (Å²) in [6.45, 7) is 2.06. The summed E-state index contributed by atoms with van der Waals surface area (Å²) in [7, 11) is 1.65. The van der Waals surface area contributed by atoms with E-state index in [1.54, 1.807) is 18.9 Å².